The number of aromatic amines is 1. The van der Waals surface area contributed by atoms with E-state index in [0.29, 0.717) is 108 Å². The van der Waals surface area contributed by atoms with Gasteiger partial charge in [0.2, 0.25) is 0 Å². The molecule has 4 fully saturated rings. The smallest absolute Gasteiger partial charge is 0.281 e. The number of hydrogen-bond acceptors (Lipinski definition) is 23. The fraction of sp³-hybridized carbons (Fsp3) is 0.362. The molecule has 113 heavy (non-hydrogen) atoms. The standard InChI is InChI=1S/C27H30FN5O4S.C27H31FN4O5S.C26H30FN5O4S/c1-16(2)15-37-21-13-17(12-18(28)14-21)23-11-10-22(26(30-23)33-19-6-7-20(33)9-8-19)27(34)32-38(35,36)25-5-3-4-24(29)31-25;1-17(2)16-37-21-14-19(13-20(28)15-21)23-7-6-22(25(30-23)32-11-8-18(3)9-12-32)26(33)31-38(35,36)24-5-4-10-29-27(24)34;1-16(2)15-36-20-13-18(12-19(27)14-20)22-10-9-21(25(29-22)32-11-5-6-17(32)3)26(33)31-37(34,35)24-8-4-7-23(28)30-24/h3-5,10-14,16,19-20H,6-9,15H2,1-2H3,(H2,29,31)(H,32,34);4-7,10,13-15,17-18H,8-9,11-12,16H2,1-3H3,(H,29,34)(H,31,33);4,7-10,12-14,16-17H,5-6,11,15H2,1-3H3,(H2,28,30)(H,31,33)/t;;17-/m..0/s1. The molecule has 0 radical (unpaired) electrons. The van der Waals surface area contributed by atoms with Crippen molar-refractivity contribution < 1.29 is 67.0 Å². The maximum atomic E-state index is 14.5. The number of sulfonamides is 3. The number of hydrogen-bond donors (Lipinski definition) is 6. The second-order valence-corrected chi connectivity index (χ2v) is 34.4. The predicted octanol–water partition coefficient (Wildman–Crippen LogP) is 12.1. The van der Waals surface area contributed by atoms with Gasteiger partial charge in [-0.3, -0.25) is 19.2 Å². The Morgan fingerprint density at radius 3 is 1.28 bits per heavy atom. The first kappa shape index (κ1) is 82.8. The van der Waals surface area contributed by atoms with E-state index < -0.39 is 75.7 Å². The minimum Gasteiger partial charge on any atom is -0.493 e. The molecular formula is C80H91F3N14O13S3. The molecule has 0 aliphatic carbocycles. The van der Waals surface area contributed by atoms with Crippen molar-refractivity contribution >= 4 is 76.9 Å². The van der Waals surface area contributed by atoms with Gasteiger partial charge in [-0.15, -0.1) is 0 Å². The molecule has 0 saturated carbocycles. The quantitative estimate of drug-likeness (QED) is 0.0327. The van der Waals surface area contributed by atoms with Crippen LogP contribution < -0.4 is 60.1 Å². The number of H-pyrrole nitrogens is 1. The van der Waals surface area contributed by atoms with Crippen LogP contribution in [0.4, 0.5) is 42.3 Å². The summed E-state index contributed by atoms with van der Waals surface area (Å²) >= 11 is 0. The second kappa shape index (κ2) is 35.7. The summed E-state index contributed by atoms with van der Waals surface area (Å²) in [6.45, 7) is 19.3. The molecule has 27 nitrogen and oxygen atoms in total. The Hall–Kier alpha value is -11.2. The summed E-state index contributed by atoms with van der Waals surface area (Å²) in [6.07, 6.45) is 8.71. The van der Waals surface area contributed by atoms with Gasteiger partial charge in [0, 0.05) is 78.8 Å². The van der Waals surface area contributed by atoms with Gasteiger partial charge in [0.15, 0.2) is 14.9 Å². The highest BCUT2D eigenvalue weighted by molar-refractivity contribution is 7.90. The average molecular weight is 1610 g/mol. The summed E-state index contributed by atoms with van der Waals surface area (Å²) in [5.74, 6) is -0.553. The van der Waals surface area contributed by atoms with Crippen LogP contribution in [-0.2, 0) is 30.1 Å². The number of nitrogens with two attached hydrogens (primary N) is 2. The predicted molar refractivity (Wildman–Crippen MR) is 423 cm³/mol. The van der Waals surface area contributed by atoms with Crippen molar-refractivity contribution in [2.24, 2.45) is 23.7 Å². The van der Waals surface area contributed by atoms with Gasteiger partial charge in [-0.2, -0.15) is 16.8 Å². The lowest BCUT2D eigenvalue weighted by Gasteiger charge is -2.32. The lowest BCUT2D eigenvalue weighted by Crippen LogP contribution is -2.38. The van der Waals surface area contributed by atoms with Gasteiger partial charge in [0.05, 0.1) is 53.6 Å². The van der Waals surface area contributed by atoms with Gasteiger partial charge in [-0.05, 0) is 191 Å². The fourth-order valence-corrected chi connectivity index (χ4v) is 16.3. The normalized spacial score (nSPS) is 16.3. The molecule has 13 rings (SSSR count). The molecule has 4 saturated heterocycles. The van der Waals surface area contributed by atoms with E-state index in [1.165, 1.54) is 109 Å². The largest absolute Gasteiger partial charge is 0.493 e. The lowest BCUT2D eigenvalue weighted by molar-refractivity contribution is 0.0972. The van der Waals surface area contributed by atoms with Crippen LogP contribution in [0.1, 0.15) is 138 Å². The average Bonchev–Trinajstić information content (AvgIpc) is 1.21. The van der Waals surface area contributed by atoms with Crippen LogP contribution in [0.5, 0.6) is 17.2 Å². The summed E-state index contributed by atoms with van der Waals surface area (Å²) in [4.78, 5) is 81.3. The summed E-state index contributed by atoms with van der Waals surface area (Å²) in [5.41, 5.74) is 13.4. The topological polar surface area (TPSA) is 376 Å². The number of rotatable bonds is 24. The molecule has 33 heteroatoms. The minimum absolute atomic E-state index is 0.0137. The number of anilines is 5. The molecule has 9 aromatic rings. The van der Waals surface area contributed by atoms with E-state index in [-0.39, 0.29) is 80.1 Å². The maximum absolute atomic E-state index is 14.5. The Kier molecular flexibility index (Phi) is 26.1. The zero-order chi connectivity index (χ0) is 81.2. The molecule has 0 spiro atoms. The van der Waals surface area contributed by atoms with E-state index in [1.54, 1.807) is 30.3 Å². The number of carbonyl (C=O) groups excluding carboxylic acids is 3. The number of amides is 3. The third kappa shape index (κ3) is 20.9. The Balaban J connectivity index is 0.000000167. The van der Waals surface area contributed by atoms with E-state index in [4.69, 9.17) is 40.6 Å². The van der Waals surface area contributed by atoms with Crippen molar-refractivity contribution in [2.45, 2.75) is 140 Å². The summed E-state index contributed by atoms with van der Waals surface area (Å²) in [6, 6.07) is 33.5. The number of fused-ring (bicyclic) bond motifs is 2. The monoisotopic (exact) mass is 1610 g/mol. The Bertz CT molecular complexity index is 5400. The highest BCUT2D eigenvalue weighted by atomic mass is 32.2. The highest BCUT2D eigenvalue weighted by Crippen LogP contribution is 2.43. The van der Waals surface area contributed by atoms with Crippen molar-refractivity contribution in [3.05, 3.63) is 190 Å². The number of benzene rings is 3. The number of pyridine rings is 6. The molecule has 598 valence electrons. The SMILES string of the molecule is CC(C)COc1cc(F)cc(-c2ccc(C(=O)NS(=O)(=O)c3ccc[nH]c3=O)c(N3CCC(C)CC3)n2)c1.CC(C)COc1cc(F)cc(-c2ccc(C(=O)NS(=O)(=O)c3cccc(N)n3)c(N3C4CCC3CC4)n2)c1.CC(C)COc1cc(F)cc(-c2ccc(C(=O)NS(=O)(=O)c3cccc(N)n3)c(N3CCC[C@@H]3C)n2)c1. The van der Waals surface area contributed by atoms with Crippen molar-refractivity contribution in [3.63, 3.8) is 0 Å². The molecule has 8 N–H and O–H groups in total. The first-order chi connectivity index (χ1) is 53.7. The van der Waals surface area contributed by atoms with Crippen molar-refractivity contribution in [2.75, 3.05) is 65.6 Å². The van der Waals surface area contributed by atoms with Crippen molar-refractivity contribution in [1.29, 1.82) is 0 Å². The number of ether oxygens (including phenoxy) is 3. The van der Waals surface area contributed by atoms with Crippen molar-refractivity contribution in [3.8, 4) is 51.0 Å². The van der Waals surface area contributed by atoms with Crippen molar-refractivity contribution in [1.82, 2.24) is 44.1 Å². The molecule has 3 amide bonds. The van der Waals surface area contributed by atoms with Crippen LogP contribution in [-0.4, -0.2) is 130 Å². The Morgan fingerprint density at radius 1 is 0.487 bits per heavy atom. The third-order valence-electron chi connectivity index (χ3n) is 19.0. The molecule has 6 aromatic heterocycles. The van der Waals surface area contributed by atoms with Gasteiger partial charge in [-0.1, -0.05) is 60.6 Å². The number of aromatic nitrogens is 6. The van der Waals surface area contributed by atoms with Crippen LogP contribution >= 0.6 is 0 Å². The first-order valence-corrected chi connectivity index (χ1v) is 41.6. The van der Waals surface area contributed by atoms with Gasteiger partial charge < -0.3 is 45.4 Å². The number of nitrogen functional groups attached to an aromatic ring is 2. The molecule has 4 aliphatic rings. The molecule has 0 unspecified atom stereocenters. The van der Waals surface area contributed by atoms with Crippen LogP contribution in [0.2, 0.25) is 0 Å². The third-order valence-corrected chi connectivity index (χ3v) is 22.8. The van der Waals surface area contributed by atoms with Crippen LogP contribution in [0, 0.1) is 41.1 Å². The van der Waals surface area contributed by atoms with Gasteiger partial charge in [0.25, 0.3) is 53.4 Å². The van der Waals surface area contributed by atoms with E-state index >= 15 is 0 Å². The van der Waals surface area contributed by atoms with E-state index in [2.05, 4.69) is 36.2 Å². The van der Waals surface area contributed by atoms with Gasteiger partial charge >= 0.3 is 0 Å². The van der Waals surface area contributed by atoms with E-state index in [9.17, 15) is 57.6 Å². The van der Waals surface area contributed by atoms with E-state index in [1.807, 2.05) is 63.0 Å². The van der Waals surface area contributed by atoms with Crippen LogP contribution in [0.15, 0.2) is 165 Å². The van der Waals surface area contributed by atoms with Crippen LogP contribution in [0.25, 0.3) is 33.8 Å². The minimum atomic E-state index is -4.44. The number of nitrogens with zero attached hydrogens (tertiary/aromatic N) is 8. The Labute approximate surface area is 654 Å². The first-order valence-electron chi connectivity index (χ1n) is 37.2. The van der Waals surface area contributed by atoms with E-state index in [0.717, 1.165) is 57.4 Å². The number of nitrogens with one attached hydrogen (secondary N) is 4. The number of carbonyl (C=O) groups is 3. The lowest BCUT2D eigenvalue weighted by atomic mass is 9.98. The molecule has 2 bridgehead atoms. The Morgan fingerprint density at radius 2 is 0.885 bits per heavy atom. The highest BCUT2D eigenvalue weighted by Gasteiger charge is 2.42. The summed E-state index contributed by atoms with van der Waals surface area (Å²) in [7, 11) is -13.0. The number of halogens is 3. The molecular weight excluding hydrogens is 1520 g/mol. The zero-order valence-corrected chi connectivity index (χ0v) is 66.1. The summed E-state index contributed by atoms with van der Waals surface area (Å²) in [5, 5.41) is -0.720. The van der Waals surface area contributed by atoms with Gasteiger partial charge in [-0.25, -0.2) is 60.7 Å². The maximum Gasteiger partial charge on any atom is 0.281 e. The van der Waals surface area contributed by atoms with Crippen LogP contribution in [0.3, 0.4) is 0 Å². The molecule has 10 heterocycles. The van der Waals surface area contributed by atoms with Gasteiger partial charge in [0.1, 0.15) is 63.8 Å². The summed E-state index contributed by atoms with van der Waals surface area (Å²) < 4.78 is 144. The second-order valence-electron chi connectivity index (χ2n) is 29.5. The number of piperidine rings is 1. The fourth-order valence-electron chi connectivity index (χ4n) is 13.4. The molecule has 1 atom stereocenters. The zero-order valence-electron chi connectivity index (χ0n) is 63.7. The molecule has 3 aromatic carbocycles. The molecule has 4 aliphatic heterocycles.